The number of hydrogen-bond acceptors (Lipinski definition) is 6. The molecule has 0 aromatic heterocycles. The summed E-state index contributed by atoms with van der Waals surface area (Å²) in [6.07, 6.45) is 1.19. The maximum Gasteiger partial charge on any atom is 0.386 e. The molecule has 29 heavy (non-hydrogen) atoms. The first-order chi connectivity index (χ1) is 13.9. The molecule has 0 radical (unpaired) electrons. The summed E-state index contributed by atoms with van der Waals surface area (Å²) in [4.78, 5) is 34.0. The van der Waals surface area contributed by atoms with E-state index in [0.717, 1.165) is 0 Å². The van der Waals surface area contributed by atoms with Crippen molar-refractivity contribution >= 4 is 35.1 Å². The summed E-state index contributed by atoms with van der Waals surface area (Å²) < 4.78 is 5.96. The Kier molecular flexibility index (Phi) is 7.00. The quantitative estimate of drug-likeness (QED) is 0.548. The van der Waals surface area contributed by atoms with Gasteiger partial charge in [-0.25, -0.2) is 19.4 Å². The van der Waals surface area contributed by atoms with Crippen LogP contribution in [0.4, 0.5) is 0 Å². The van der Waals surface area contributed by atoms with E-state index in [0.29, 0.717) is 47.0 Å². The average Bonchev–Trinajstić information content (AvgIpc) is 2.70. The van der Waals surface area contributed by atoms with Gasteiger partial charge in [-0.3, -0.25) is 0 Å². The number of rotatable bonds is 3. The highest BCUT2D eigenvalue weighted by atomic mass is 35.5. The number of hydrogen-bond donors (Lipinski definition) is 1. The minimum absolute atomic E-state index is 0.164. The van der Waals surface area contributed by atoms with Gasteiger partial charge in [0.25, 0.3) is 0 Å². The molecular formula is C21H20Cl2O6. The second kappa shape index (κ2) is 9.48. The number of fused-ring (bicyclic) bond motifs is 1. The number of ether oxygens (including phenoxy) is 1. The maximum atomic E-state index is 12.6. The fraction of sp³-hybridized carbons (Fsp3) is 0.333. The molecule has 8 heteroatoms. The zero-order chi connectivity index (χ0) is 21.0. The van der Waals surface area contributed by atoms with Gasteiger partial charge in [0.15, 0.2) is 0 Å². The Bertz CT molecular complexity index is 897. The predicted octanol–water partition coefficient (Wildman–Crippen LogP) is 4.78. The van der Waals surface area contributed by atoms with Gasteiger partial charge < -0.3 is 9.84 Å². The van der Waals surface area contributed by atoms with E-state index in [1.807, 2.05) is 6.92 Å². The van der Waals surface area contributed by atoms with Gasteiger partial charge in [-0.05, 0) is 55.7 Å². The molecule has 154 valence electrons. The van der Waals surface area contributed by atoms with Crippen LogP contribution < -0.4 is 4.74 Å². The summed E-state index contributed by atoms with van der Waals surface area (Å²) >= 11 is 12.1. The maximum absolute atomic E-state index is 12.6. The molecule has 2 aromatic rings. The molecule has 0 bridgehead atoms. The van der Waals surface area contributed by atoms with Crippen molar-refractivity contribution in [3.05, 3.63) is 63.1 Å². The molecule has 2 atom stereocenters. The molecule has 2 aromatic carbocycles. The van der Waals surface area contributed by atoms with Crippen molar-refractivity contribution in [1.29, 1.82) is 0 Å². The Hall–Kier alpha value is -2.28. The molecule has 1 heterocycles. The van der Waals surface area contributed by atoms with E-state index in [4.69, 9.17) is 32.8 Å². The van der Waals surface area contributed by atoms with Crippen molar-refractivity contribution in [2.24, 2.45) is 0 Å². The van der Waals surface area contributed by atoms with Gasteiger partial charge in [0.2, 0.25) is 0 Å². The number of aliphatic hydroxyl groups excluding tert-OH is 1. The smallest absolute Gasteiger partial charge is 0.386 e. The Morgan fingerprint density at radius 1 is 1.10 bits per heavy atom. The Morgan fingerprint density at radius 3 is 2.48 bits per heavy atom. The largest absolute Gasteiger partial charge is 0.488 e. The molecule has 0 saturated carbocycles. The number of carbonyl (C=O) groups is 2. The van der Waals surface area contributed by atoms with Crippen molar-refractivity contribution in [3.63, 3.8) is 0 Å². The van der Waals surface area contributed by atoms with Crippen LogP contribution in [0.15, 0.2) is 36.4 Å². The molecule has 3 rings (SSSR count). The third kappa shape index (κ3) is 5.21. The minimum Gasteiger partial charge on any atom is -0.488 e. The van der Waals surface area contributed by atoms with Gasteiger partial charge in [-0.1, -0.05) is 30.1 Å². The Morgan fingerprint density at radius 2 is 1.79 bits per heavy atom. The third-order valence-corrected chi connectivity index (χ3v) is 5.26. The van der Waals surface area contributed by atoms with Gasteiger partial charge in [0.05, 0.1) is 22.3 Å². The molecule has 0 amide bonds. The normalized spacial score (nSPS) is 18.6. The number of aliphatic hydroxyl groups is 1. The van der Waals surface area contributed by atoms with Gasteiger partial charge in [-0.2, -0.15) is 0 Å². The molecular weight excluding hydrogens is 419 g/mol. The molecule has 1 aliphatic rings. The summed E-state index contributed by atoms with van der Waals surface area (Å²) in [5.74, 6) is -1.29. The van der Waals surface area contributed by atoms with E-state index in [-0.39, 0.29) is 17.2 Å². The molecule has 0 spiro atoms. The number of halogens is 2. The minimum atomic E-state index is -0.855. The number of carbonyl (C=O) groups excluding carboxylic acids is 2. The third-order valence-electron chi connectivity index (χ3n) is 4.71. The lowest BCUT2D eigenvalue weighted by Gasteiger charge is -2.27. The van der Waals surface area contributed by atoms with Gasteiger partial charge >= 0.3 is 11.9 Å². The van der Waals surface area contributed by atoms with Crippen LogP contribution in [0.5, 0.6) is 5.75 Å². The van der Waals surface area contributed by atoms with E-state index in [1.165, 1.54) is 36.4 Å². The van der Waals surface area contributed by atoms with E-state index in [1.54, 1.807) is 0 Å². The summed E-state index contributed by atoms with van der Waals surface area (Å²) in [5.41, 5.74) is 0.866. The first kappa shape index (κ1) is 21.4. The standard InChI is InChI=1S/C21H20Cl2O6/c1-2-15-11-14(24)7-8-16-17(9-10-18(23)19(16)27-15)21(26)29-28-20(25)12-3-5-13(22)6-4-12/h3-6,9-10,14-15,24H,2,7-8,11H2,1H3. The predicted molar refractivity (Wildman–Crippen MR) is 107 cm³/mol. The number of benzene rings is 2. The highest BCUT2D eigenvalue weighted by Crippen LogP contribution is 2.36. The lowest BCUT2D eigenvalue weighted by Crippen LogP contribution is -2.27. The van der Waals surface area contributed by atoms with Crippen LogP contribution in [0.3, 0.4) is 0 Å². The highest BCUT2D eigenvalue weighted by molar-refractivity contribution is 6.32. The van der Waals surface area contributed by atoms with Gasteiger partial charge in [0, 0.05) is 17.0 Å². The van der Waals surface area contributed by atoms with Crippen molar-refractivity contribution in [1.82, 2.24) is 0 Å². The monoisotopic (exact) mass is 438 g/mol. The summed E-state index contributed by atoms with van der Waals surface area (Å²) in [6.45, 7) is 1.95. The lowest BCUT2D eigenvalue weighted by atomic mass is 9.95. The lowest BCUT2D eigenvalue weighted by molar-refractivity contribution is -0.187. The summed E-state index contributed by atoms with van der Waals surface area (Å²) in [5, 5.41) is 11.0. The van der Waals surface area contributed by atoms with Crippen LogP contribution in [0.25, 0.3) is 0 Å². The van der Waals surface area contributed by atoms with Crippen LogP contribution in [-0.2, 0) is 16.2 Å². The second-order valence-electron chi connectivity index (χ2n) is 6.73. The molecule has 1 N–H and O–H groups in total. The van der Waals surface area contributed by atoms with Crippen molar-refractivity contribution < 1.29 is 29.2 Å². The van der Waals surface area contributed by atoms with Crippen LogP contribution >= 0.6 is 23.2 Å². The Balaban J connectivity index is 1.79. The highest BCUT2D eigenvalue weighted by Gasteiger charge is 2.27. The van der Waals surface area contributed by atoms with E-state index in [9.17, 15) is 14.7 Å². The SMILES string of the molecule is CCC1CC(O)CCc2c(C(=O)OOC(=O)c3ccc(Cl)cc3)ccc(Cl)c2O1. The fourth-order valence-electron chi connectivity index (χ4n) is 3.12. The Labute approximate surface area is 178 Å². The van der Waals surface area contributed by atoms with Crippen LogP contribution in [-0.4, -0.2) is 29.3 Å². The van der Waals surface area contributed by atoms with Crippen LogP contribution in [0.2, 0.25) is 10.0 Å². The average molecular weight is 439 g/mol. The molecule has 0 saturated heterocycles. The molecule has 6 nitrogen and oxygen atoms in total. The van der Waals surface area contributed by atoms with Crippen molar-refractivity contribution in [2.45, 2.75) is 44.8 Å². The topological polar surface area (TPSA) is 82.1 Å². The summed E-state index contributed by atoms with van der Waals surface area (Å²) in [7, 11) is 0. The molecule has 0 fully saturated rings. The fourth-order valence-corrected chi connectivity index (χ4v) is 3.47. The van der Waals surface area contributed by atoms with Gasteiger partial charge in [-0.15, -0.1) is 0 Å². The van der Waals surface area contributed by atoms with Crippen molar-refractivity contribution in [2.75, 3.05) is 0 Å². The van der Waals surface area contributed by atoms with E-state index >= 15 is 0 Å². The molecule has 1 aliphatic heterocycles. The molecule has 0 aliphatic carbocycles. The zero-order valence-electron chi connectivity index (χ0n) is 15.7. The van der Waals surface area contributed by atoms with E-state index < -0.39 is 18.0 Å². The van der Waals surface area contributed by atoms with Gasteiger partial charge in [0.1, 0.15) is 11.9 Å². The van der Waals surface area contributed by atoms with Crippen LogP contribution in [0, 0.1) is 0 Å². The van der Waals surface area contributed by atoms with Crippen LogP contribution in [0.1, 0.15) is 52.5 Å². The first-order valence-corrected chi connectivity index (χ1v) is 9.99. The van der Waals surface area contributed by atoms with E-state index in [2.05, 4.69) is 4.89 Å². The second-order valence-corrected chi connectivity index (χ2v) is 7.57. The first-order valence-electron chi connectivity index (χ1n) is 9.23. The summed E-state index contributed by atoms with van der Waals surface area (Å²) in [6, 6.07) is 8.97. The zero-order valence-corrected chi connectivity index (χ0v) is 17.2. The van der Waals surface area contributed by atoms with Crippen molar-refractivity contribution in [3.8, 4) is 5.75 Å². The molecule has 2 unspecified atom stereocenters.